The van der Waals surface area contributed by atoms with Gasteiger partial charge in [-0.3, -0.25) is 4.79 Å². The fraction of sp³-hybridized carbons (Fsp3) is 0.533. The zero-order valence-corrected chi connectivity index (χ0v) is 11.9. The molecule has 0 radical (unpaired) electrons. The lowest BCUT2D eigenvalue weighted by atomic mass is 10.0. The van der Waals surface area contributed by atoms with Crippen LogP contribution >= 0.6 is 0 Å². The average molecular weight is 262 g/mol. The summed E-state index contributed by atoms with van der Waals surface area (Å²) in [6.45, 7) is 1.67. The monoisotopic (exact) mass is 262 g/mol. The van der Waals surface area contributed by atoms with E-state index in [9.17, 15) is 4.79 Å². The summed E-state index contributed by atoms with van der Waals surface area (Å²) in [7, 11) is 5.78. The van der Waals surface area contributed by atoms with Gasteiger partial charge in [0, 0.05) is 24.7 Å². The van der Waals surface area contributed by atoms with E-state index < -0.39 is 0 Å². The van der Waals surface area contributed by atoms with Crippen LogP contribution in [-0.2, 0) is 0 Å². The molecule has 1 amide bonds. The van der Waals surface area contributed by atoms with Crippen LogP contribution in [0.4, 0.5) is 0 Å². The summed E-state index contributed by atoms with van der Waals surface area (Å²) in [5.74, 6) is 0.899. The summed E-state index contributed by atoms with van der Waals surface area (Å²) >= 11 is 0. The van der Waals surface area contributed by atoms with Crippen LogP contribution in [0, 0.1) is 0 Å². The van der Waals surface area contributed by atoms with Crippen LogP contribution in [0.25, 0.3) is 0 Å². The Labute approximate surface area is 115 Å². The number of nitrogens with zero attached hydrogens (tertiary/aromatic N) is 2. The van der Waals surface area contributed by atoms with E-state index in [0.29, 0.717) is 6.04 Å². The molecule has 0 N–H and O–H groups in total. The molecule has 1 aromatic rings. The van der Waals surface area contributed by atoms with Crippen molar-refractivity contribution >= 4 is 5.91 Å². The molecule has 0 aliphatic carbocycles. The van der Waals surface area contributed by atoms with Gasteiger partial charge in [0.1, 0.15) is 5.75 Å². The van der Waals surface area contributed by atoms with Gasteiger partial charge in [-0.1, -0.05) is 0 Å². The Morgan fingerprint density at radius 2 is 2.00 bits per heavy atom. The predicted molar refractivity (Wildman–Crippen MR) is 75.6 cm³/mol. The smallest absolute Gasteiger partial charge is 0.253 e. The maximum atomic E-state index is 12.4. The SMILES string of the molecule is COc1ccc(C(=O)N2CCCC(N(C)C)C2)cc1. The molecule has 1 aliphatic heterocycles. The standard InChI is InChI=1S/C15H22N2O2/c1-16(2)13-5-4-10-17(11-13)15(18)12-6-8-14(19-3)9-7-12/h6-9,13H,4-5,10-11H2,1-3H3. The number of likely N-dealkylation sites (N-methyl/N-ethyl adjacent to an activating group) is 1. The van der Waals surface area contributed by atoms with Gasteiger partial charge in [-0.05, 0) is 51.2 Å². The molecule has 104 valence electrons. The second-order valence-corrected chi connectivity index (χ2v) is 5.24. The van der Waals surface area contributed by atoms with Crippen LogP contribution < -0.4 is 4.74 Å². The molecule has 1 fully saturated rings. The third-order valence-electron chi connectivity index (χ3n) is 3.75. The zero-order chi connectivity index (χ0) is 13.8. The van der Waals surface area contributed by atoms with Gasteiger partial charge in [-0.15, -0.1) is 0 Å². The Morgan fingerprint density at radius 1 is 1.32 bits per heavy atom. The van der Waals surface area contributed by atoms with Gasteiger partial charge in [0.15, 0.2) is 0 Å². The zero-order valence-electron chi connectivity index (χ0n) is 11.9. The van der Waals surface area contributed by atoms with Crippen molar-refractivity contribution in [2.24, 2.45) is 0 Å². The molecule has 19 heavy (non-hydrogen) atoms. The minimum Gasteiger partial charge on any atom is -0.497 e. The number of benzene rings is 1. The second kappa shape index (κ2) is 6.06. The van der Waals surface area contributed by atoms with Crippen LogP contribution in [-0.4, -0.2) is 56.0 Å². The molecule has 0 spiro atoms. The van der Waals surface area contributed by atoms with E-state index in [2.05, 4.69) is 19.0 Å². The van der Waals surface area contributed by atoms with Crippen LogP contribution in [0.15, 0.2) is 24.3 Å². The number of methoxy groups -OCH3 is 1. The Bertz CT molecular complexity index is 428. The summed E-state index contributed by atoms with van der Waals surface area (Å²) < 4.78 is 5.11. The molecule has 2 rings (SSSR count). The van der Waals surface area contributed by atoms with Crippen LogP contribution in [0.1, 0.15) is 23.2 Å². The summed E-state index contributed by atoms with van der Waals surface area (Å²) in [4.78, 5) is 16.6. The maximum Gasteiger partial charge on any atom is 0.253 e. The van der Waals surface area contributed by atoms with E-state index in [1.54, 1.807) is 7.11 Å². The molecular weight excluding hydrogens is 240 g/mol. The van der Waals surface area contributed by atoms with Crippen molar-refractivity contribution in [2.45, 2.75) is 18.9 Å². The minimum absolute atomic E-state index is 0.120. The van der Waals surface area contributed by atoms with Crippen molar-refractivity contribution in [1.29, 1.82) is 0 Å². The lowest BCUT2D eigenvalue weighted by Crippen LogP contribution is -2.47. The first-order valence-electron chi connectivity index (χ1n) is 6.71. The van der Waals surface area contributed by atoms with Crippen molar-refractivity contribution in [2.75, 3.05) is 34.3 Å². The van der Waals surface area contributed by atoms with E-state index in [-0.39, 0.29) is 5.91 Å². The first-order valence-corrected chi connectivity index (χ1v) is 6.71. The van der Waals surface area contributed by atoms with Crippen molar-refractivity contribution in [3.8, 4) is 5.75 Å². The largest absolute Gasteiger partial charge is 0.497 e. The summed E-state index contributed by atoms with van der Waals surface area (Å²) in [6.07, 6.45) is 2.24. The Kier molecular flexibility index (Phi) is 4.43. The number of likely N-dealkylation sites (tertiary alicyclic amines) is 1. The summed E-state index contributed by atoms with van der Waals surface area (Å²) in [6, 6.07) is 7.80. The van der Waals surface area contributed by atoms with Crippen molar-refractivity contribution in [1.82, 2.24) is 9.80 Å². The first kappa shape index (κ1) is 13.9. The highest BCUT2D eigenvalue weighted by atomic mass is 16.5. The second-order valence-electron chi connectivity index (χ2n) is 5.24. The number of piperidine rings is 1. The lowest BCUT2D eigenvalue weighted by Gasteiger charge is -2.36. The van der Waals surface area contributed by atoms with Gasteiger partial charge in [0.2, 0.25) is 0 Å². The van der Waals surface area contributed by atoms with Crippen molar-refractivity contribution in [3.63, 3.8) is 0 Å². The van der Waals surface area contributed by atoms with Gasteiger partial charge in [0.05, 0.1) is 7.11 Å². The highest BCUT2D eigenvalue weighted by Crippen LogP contribution is 2.18. The minimum atomic E-state index is 0.120. The number of hydrogen-bond acceptors (Lipinski definition) is 3. The summed E-state index contributed by atoms with van der Waals surface area (Å²) in [5, 5.41) is 0. The molecular formula is C15H22N2O2. The molecule has 1 heterocycles. The van der Waals surface area contributed by atoms with E-state index >= 15 is 0 Å². The van der Waals surface area contributed by atoms with E-state index in [1.807, 2.05) is 29.2 Å². The molecule has 4 nitrogen and oxygen atoms in total. The van der Waals surface area contributed by atoms with Gasteiger partial charge in [-0.25, -0.2) is 0 Å². The quantitative estimate of drug-likeness (QED) is 0.833. The van der Waals surface area contributed by atoms with Crippen LogP contribution in [0.3, 0.4) is 0 Å². The molecule has 0 bridgehead atoms. The fourth-order valence-corrected chi connectivity index (χ4v) is 2.48. The number of amides is 1. The fourth-order valence-electron chi connectivity index (χ4n) is 2.48. The molecule has 0 saturated carbocycles. The normalized spacial score (nSPS) is 19.6. The summed E-state index contributed by atoms with van der Waals surface area (Å²) in [5.41, 5.74) is 0.736. The Hall–Kier alpha value is -1.55. The Morgan fingerprint density at radius 3 is 2.58 bits per heavy atom. The third kappa shape index (κ3) is 3.26. The highest BCUT2D eigenvalue weighted by molar-refractivity contribution is 5.94. The van der Waals surface area contributed by atoms with Gasteiger partial charge < -0.3 is 14.5 Å². The number of carbonyl (C=O) groups excluding carboxylic acids is 1. The van der Waals surface area contributed by atoms with Crippen molar-refractivity contribution < 1.29 is 9.53 Å². The van der Waals surface area contributed by atoms with E-state index in [1.165, 1.54) is 6.42 Å². The molecule has 0 aromatic heterocycles. The topological polar surface area (TPSA) is 32.8 Å². The van der Waals surface area contributed by atoms with Crippen LogP contribution in [0.2, 0.25) is 0 Å². The van der Waals surface area contributed by atoms with Crippen molar-refractivity contribution in [3.05, 3.63) is 29.8 Å². The van der Waals surface area contributed by atoms with E-state index in [0.717, 1.165) is 30.8 Å². The van der Waals surface area contributed by atoms with E-state index in [4.69, 9.17) is 4.74 Å². The first-order chi connectivity index (χ1) is 9.11. The molecule has 1 aromatic carbocycles. The van der Waals surface area contributed by atoms with Gasteiger partial charge in [0.25, 0.3) is 5.91 Å². The number of carbonyl (C=O) groups is 1. The average Bonchev–Trinajstić information content (AvgIpc) is 2.46. The molecule has 1 aliphatic rings. The predicted octanol–water partition coefficient (Wildman–Crippen LogP) is 1.86. The lowest BCUT2D eigenvalue weighted by molar-refractivity contribution is 0.0635. The van der Waals surface area contributed by atoms with Gasteiger partial charge >= 0.3 is 0 Å². The molecule has 1 saturated heterocycles. The highest BCUT2D eigenvalue weighted by Gasteiger charge is 2.25. The molecule has 1 atom stereocenters. The van der Waals surface area contributed by atoms with Gasteiger partial charge in [-0.2, -0.15) is 0 Å². The number of rotatable bonds is 3. The Balaban J connectivity index is 2.05. The third-order valence-corrected chi connectivity index (χ3v) is 3.75. The maximum absolute atomic E-state index is 12.4. The number of ether oxygens (including phenoxy) is 1. The van der Waals surface area contributed by atoms with Crippen LogP contribution in [0.5, 0.6) is 5.75 Å². The molecule has 1 unspecified atom stereocenters. The number of hydrogen-bond donors (Lipinski definition) is 0. The molecule has 4 heteroatoms.